The highest BCUT2D eigenvalue weighted by Gasteiger charge is 2.24. The number of hydrogen-bond acceptors (Lipinski definition) is 5. The predicted octanol–water partition coefficient (Wildman–Crippen LogP) is 2.55. The van der Waals surface area contributed by atoms with E-state index in [-0.39, 0.29) is 16.3 Å². The van der Waals surface area contributed by atoms with E-state index in [1.807, 2.05) is 0 Å². The first-order valence-electron chi connectivity index (χ1n) is 8.29. The molecule has 0 aliphatic carbocycles. The van der Waals surface area contributed by atoms with E-state index in [0.717, 1.165) is 0 Å². The Hall–Kier alpha value is -3.14. The molecule has 3 aromatic rings. The average Bonchev–Trinajstić information content (AvgIpc) is 2.90. The van der Waals surface area contributed by atoms with Crippen molar-refractivity contribution in [2.45, 2.75) is 31.8 Å². The summed E-state index contributed by atoms with van der Waals surface area (Å²) >= 11 is 0. The van der Waals surface area contributed by atoms with Crippen LogP contribution in [0, 0.1) is 10.1 Å². The molecule has 142 valence electrons. The van der Waals surface area contributed by atoms with Crippen LogP contribution in [-0.4, -0.2) is 22.5 Å². The Bertz CT molecular complexity index is 1180. The summed E-state index contributed by atoms with van der Waals surface area (Å²) in [5, 5.41) is 11.5. The zero-order chi connectivity index (χ0) is 19.8. The van der Waals surface area contributed by atoms with Gasteiger partial charge in [0, 0.05) is 19.2 Å². The van der Waals surface area contributed by atoms with E-state index in [1.165, 1.54) is 33.4 Å². The maximum atomic E-state index is 12.6. The lowest BCUT2D eigenvalue weighted by Gasteiger charge is -2.09. The number of nitro benzene ring substituents is 1. The molecule has 27 heavy (non-hydrogen) atoms. The van der Waals surface area contributed by atoms with Crippen molar-refractivity contribution in [1.29, 1.82) is 0 Å². The van der Waals surface area contributed by atoms with Crippen molar-refractivity contribution < 1.29 is 13.3 Å². The first-order valence-corrected chi connectivity index (χ1v) is 9.77. The minimum atomic E-state index is -4.02. The van der Waals surface area contributed by atoms with Crippen molar-refractivity contribution in [1.82, 2.24) is 9.13 Å². The number of imidazole rings is 1. The van der Waals surface area contributed by atoms with Crippen LogP contribution in [0.4, 0.5) is 11.4 Å². The summed E-state index contributed by atoms with van der Waals surface area (Å²) in [6, 6.07) is 10.1. The molecule has 0 saturated heterocycles. The van der Waals surface area contributed by atoms with Crippen molar-refractivity contribution in [3.8, 4) is 0 Å². The van der Waals surface area contributed by atoms with E-state index in [9.17, 15) is 23.3 Å². The maximum Gasteiger partial charge on any atom is 0.329 e. The number of benzene rings is 2. The molecule has 1 heterocycles. The second kappa shape index (κ2) is 6.88. The third-order valence-corrected chi connectivity index (χ3v) is 5.64. The summed E-state index contributed by atoms with van der Waals surface area (Å²) in [5.41, 5.74) is -0.0870. The Labute approximate surface area is 155 Å². The molecule has 1 N–H and O–H groups in total. The van der Waals surface area contributed by atoms with Crippen molar-refractivity contribution in [3.05, 3.63) is 63.1 Å². The fourth-order valence-electron chi connectivity index (χ4n) is 3.00. The number of fused-ring (bicyclic) bond motifs is 1. The standard InChI is InChI=1S/C17H18N4O5S/c1-3-19-15-10-13(18-27(25,26)12-8-6-5-7-9-12)14(21(23)24)11-16(15)20(4-2)17(19)22/h5-11,18H,3-4H2,1-2H3. The van der Waals surface area contributed by atoms with Crippen LogP contribution >= 0.6 is 0 Å². The summed E-state index contributed by atoms with van der Waals surface area (Å²) in [5.74, 6) is 0. The van der Waals surface area contributed by atoms with Crippen molar-refractivity contribution in [3.63, 3.8) is 0 Å². The number of anilines is 1. The molecule has 9 nitrogen and oxygen atoms in total. The summed E-state index contributed by atoms with van der Waals surface area (Å²) in [4.78, 5) is 23.3. The normalized spacial score (nSPS) is 11.6. The molecule has 2 aromatic carbocycles. The summed E-state index contributed by atoms with van der Waals surface area (Å²) in [6.45, 7) is 4.23. The van der Waals surface area contributed by atoms with Gasteiger partial charge in [-0.05, 0) is 32.0 Å². The Kier molecular flexibility index (Phi) is 4.75. The highest BCUT2D eigenvalue weighted by molar-refractivity contribution is 7.92. The molecule has 0 fully saturated rings. The van der Waals surface area contributed by atoms with E-state index in [1.54, 1.807) is 32.0 Å². The lowest BCUT2D eigenvalue weighted by Crippen LogP contribution is -2.23. The molecule has 1 aromatic heterocycles. The molecule has 0 bridgehead atoms. The van der Waals surface area contributed by atoms with Crippen molar-refractivity contribution in [2.75, 3.05) is 4.72 Å². The fraction of sp³-hybridized carbons (Fsp3) is 0.235. The van der Waals surface area contributed by atoms with Crippen LogP contribution in [-0.2, 0) is 23.1 Å². The van der Waals surface area contributed by atoms with Gasteiger partial charge in [-0.3, -0.25) is 24.0 Å². The molecule has 0 unspecified atom stereocenters. The third kappa shape index (κ3) is 3.19. The van der Waals surface area contributed by atoms with Crippen molar-refractivity contribution >= 4 is 32.4 Å². The van der Waals surface area contributed by atoms with Crippen LogP contribution in [0.25, 0.3) is 11.0 Å². The highest BCUT2D eigenvalue weighted by atomic mass is 32.2. The average molecular weight is 390 g/mol. The summed E-state index contributed by atoms with van der Waals surface area (Å²) < 4.78 is 30.3. The number of aromatic nitrogens is 2. The Morgan fingerprint density at radius 3 is 2.11 bits per heavy atom. The van der Waals surface area contributed by atoms with Gasteiger partial charge in [0.05, 0.1) is 20.9 Å². The first kappa shape index (κ1) is 18.6. The van der Waals surface area contributed by atoms with Gasteiger partial charge in [0.25, 0.3) is 15.7 Å². The molecule has 0 atom stereocenters. The number of hydrogen-bond donors (Lipinski definition) is 1. The largest absolute Gasteiger partial charge is 0.329 e. The number of aryl methyl sites for hydroxylation is 2. The number of nitrogens with one attached hydrogen (secondary N) is 1. The van der Waals surface area contributed by atoms with Gasteiger partial charge >= 0.3 is 5.69 Å². The molecule has 3 rings (SSSR count). The third-order valence-electron chi connectivity index (χ3n) is 4.26. The second-order valence-electron chi connectivity index (χ2n) is 5.80. The number of nitrogens with zero attached hydrogens (tertiary/aromatic N) is 3. The lowest BCUT2D eigenvalue weighted by atomic mass is 10.2. The smallest absolute Gasteiger partial charge is 0.292 e. The van der Waals surface area contributed by atoms with Crippen LogP contribution in [0.3, 0.4) is 0 Å². The van der Waals surface area contributed by atoms with Crippen LogP contribution < -0.4 is 10.4 Å². The molecule has 0 saturated carbocycles. The Morgan fingerprint density at radius 1 is 1.04 bits per heavy atom. The monoisotopic (exact) mass is 390 g/mol. The number of rotatable bonds is 6. The molecule has 0 radical (unpaired) electrons. The minimum absolute atomic E-state index is 0.0154. The Morgan fingerprint density at radius 2 is 1.59 bits per heavy atom. The van der Waals surface area contributed by atoms with E-state index in [0.29, 0.717) is 24.1 Å². The minimum Gasteiger partial charge on any atom is -0.292 e. The van der Waals surface area contributed by atoms with Gasteiger partial charge in [0.2, 0.25) is 0 Å². The second-order valence-corrected chi connectivity index (χ2v) is 7.49. The van der Waals surface area contributed by atoms with Gasteiger partial charge in [-0.2, -0.15) is 0 Å². The first-order chi connectivity index (χ1) is 12.8. The lowest BCUT2D eigenvalue weighted by molar-refractivity contribution is -0.383. The van der Waals surface area contributed by atoms with Crippen LogP contribution in [0.5, 0.6) is 0 Å². The van der Waals surface area contributed by atoms with Crippen LogP contribution in [0.15, 0.2) is 52.2 Å². The van der Waals surface area contributed by atoms with Gasteiger partial charge in [0.15, 0.2) is 0 Å². The van der Waals surface area contributed by atoms with E-state index >= 15 is 0 Å². The van der Waals surface area contributed by atoms with Crippen LogP contribution in [0.1, 0.15) is 13.8 Å². The number of sulfonamides is 1. The molecular weight excluding hydrogens is 372 g/mol. The number of nitro groups is 1. The van der Waals surface area contributed by atoms with Crippen LogP contribution in [0.2, 0.25) is 0 Å². The Balaban J connectivity index is 2.25. The maximum absolute atomic E-state index is 12.6. The highest BCUT2D eigenvalue weighted by Crippen LogP contribution is 2.31. The fourth-order valence-corrected chi connectivity index (χ4v) is 4.08. The molecular formula is C17H18N4O5S. The van der Waals surface area contributed by atoms with Gasteiger partial charge in [0.1, 0.15) is 5.69 Å². The van der Waals surface area contributed by atoms with Gasteiger partial charge < -0.3 is 0 Å². The molecule has 0 aliphatic rings. The van der Waals surface area contributed by atoms with E-state index in [2.05, 4.69) is 4.72 Å². The molecule has 10 heteroatoms. The topological polar surface area (TPSA) is 116 Å². The zero-order valence-corrected chi connectivity index (χ0v) is 15.6. The SMILES string of the molecule is CCn1c(=O)n(CC)c2cc([N+](=O)[O-])c(NS(=O)(=O)c3ccccc3)cc21. The summed E-state index contributed by atoms with van der Waals surface area (Å²) in [7, 11) is -4.02. The zero-order valence-electron chi connectivity index (χ0n) is 14.7. The molecule has 0 spiro atoms. The molecule has 0 aliphatic heterocycles. The van der Waals surface area contributed by atoms with Gasteiger partial charge in [-0.1, -0.05) is 18.2 Å². The van der Waals surface area contributed by atoms with Crippen molar-refractivity contribution in [2.24, 2.45) is 0 Å². The predicted molar refractivity (Wildman–Crippen MR) is 101 cm³/mol. The van der Waals surface area contributed by atoms with Gasteiger partial charge in [-0.25, -0.2) is 13.2 Å². The van der Waals surface area contributed by atoms with Gasteiger partial charge in [-0.15, -0.1) is 0 Å². The van der Waals surface area contributed by atoms with E-state index in [4.69, 9.17) is 0 Å². The van der Waals surface area contributed by atoms with E-state index < -0.39 is 20.6 Å². The quantitative estimate of drug-likeness (QED) is 0.513. The molecule has 0 amide bonds. The summed E-state index contributed by atoms with van der Waals surface area (Å²) in [6.07, 6.45) is 0.